The van der Waals surface area contributed by atoms with Crippen LogP contribution < -0.4 is 30.7 Å². The standard InChI is InChI=1S/C44H38FOPSi/c1-44(2)42-34(32-47(36-18-8-3-9-19-36,37-20-10-4-11-21-37)38-22-12-5-13-23-38)30-33-31-35(45)28-29-41(33)43(42)46-48(44,39-24-14-6-15-25-39)40-26-16-7-17-27-40/h3-31,47H,32H2,1-2H3. The van der Waals surface area contributed by atoms with Crippen molar-refractivity contribution in [1.82, 2.24) is 0 Å². The molecule has 0 amide bonds. The topological polar surface area (TPSA) is 9.23 Å². The van der Waals surface area contributed by atoms with E-state index in [4.69, 9.17) is 4.43 Å². The Balaban J connectivity index is 1.47. The van der Waals surface area contributed by atoms with Gasteiger partial charge in [0.25, 0.3) is 0 Å². The summed E-state index contributed by atoms with van der Waals surface area (Å²) < 4.78 is 22.7. The van der Waals surface area contributed by atoms with Crippen molar-refractivity contribution >= 4 is 52.6 Å². The molecule has 0 radical (unpaired) electrons. The monoisotopic (exact) mass is 660 g/mol. The molecule has 48 heavy (non-hydrogen) atoms. The van der Waals surface area contributed by atoms with Gasteiger partial charge in [-0.25, -0.2) is 0 Å². The Labute approximate surface area is 284 Å². The second-order valence-electron chi connectivity index (χ2n) is 13.4. The molecule has 4 heteroatoms. The van der Waals surface area contributed by atoms with Gasteiger partial charge in [-0.1, -0.05) is 0 Å². The third-order valence-electron chi connectivity index (χ3n) is 10.5. The molecule has 7 aromatic carbocycles. The van der Waals surface area contributed by atoms with Gasteiger partial charge in [-0.05, 0) is 0 Å². The van der Waals surface area contributed by atoms with Crippen LogP contribution in [0.1, 0.15) is 25.0 Å². The van der Waals surface area contributed by atoms with E-state index in [2.05, 4.69) is 172 Å². The first-order valence-corrected chi connectivity index (χ1v) is 20.8. The van der Waals surface area contributed by atoms with Gasteiger partial charge in [0.15, 0.2) is 0 Å². The molecule has 0 aliphatic carbocycles. The number of halogens is 1. The van der Waals surface area contributed by atoms with Gasteiger partial charge in [-0.15, -0.1) is 0 Å². The first-order chi connectivity index (χ1) is 23.4. The SMILES string of the molecule is CC1(C)c2c(C[PH](c3ccccc3)(c3ccccc3)c3ccccc3)cc3cc(F)ccc3c2O[Si]1(c1ccccc1)c1ccccc1. The van der Waals surface area contributed by atoms with Gasteiger partial charge in [-0.2, -0.15) is 0 Å². The summed E-state index contributed by atoms with van der Waals surface area (Å²) in [5.74, 6) is 0.668. The van der Waals surface area contributed by atoms with E-state index in [0.29, 0.717) is 0 Å². The van der Waals surface area contributed by atoms with Crippen molar-refractivity contribution in [2.24, 2.45) is 0 Å². The molecule has 0 spiro atoms. The van der Waals surface area contributed by atoms with Crippen LogP contribution in [0.3, 0.4) is 0 Å². The zero-order chi connectivity index (χ0) is 32.8. The molecule has 8 rings (SSSR count). The molecule has 0 N–H and O–H groups in total. The fraction of sp³-hybridized carbons (Fsp3) is 0.0909. The summed E-state index contributed by atoms with van der Waals surface area (Å²) in [5, 5.41) is 7.99. The molecule has 0 aromatic heterocycles. The van der Waals surface area contributed by atoms with Crippen LogP contribution in [-0.2, 0) is 11.2 Å². The van der Waals surface area contributed by atoms with Crippen molar-refractivity contribution in [2.75, 3.05) is 0 Å². The number of rotatable bonds is 7. The van der Waals surface area contributed by atoms with E-state index in [1.54, 1.807) is 12.1 Å². The number of hydrogen-bond donors (Lipinski definition) is 0. The first kappa shape index (κ1) is 30.5. The van der Waals surface area contributed by atoms with Crippen molar-refractivity contribution in [2.45, 2.75) is 25.0 Å². The van der Waals surface area contributed by atoms with E-state index < -0.39 is 15.6 Å². The fourth-order valence-corrected chi connectivity index (χ4v) is 17.9. The summed E-state index contributed by atoms with van der Waals surface area (Å²) in [6, 6.07) is 62.2. The normalized spacial score (nSPS) is 15.1. The van der Waals surface area contributed by atoms with Crippen molar-refractivity contribution in [1.29, 1.82) is 0 Å². The molecule has 0 fully saturated rings. The van der Waals surface area contributed by atoms with E-state index in [1.165, 1.54) is 37.4 Å². The third kappa shape index (κ3) is 4.68. The Kier molecular flexibility index (Phi) is 7.63. The van der Waals surface area contributed by atoms with Gasteiger partial charge in [0.05, 0.1) is 0 Å². The summed E-state index contributed by atoms with van der Waals surface area (Å²) in [6.45, 7) is 4.78. The summed E-state index contributed by atoms with van der Waals surface area (Å²) in [4.78, 5) is 0. The maximum atomic E-state index is 15.1. The molecule has 0 unspecified atom stereocenters. The van der Waals surface area contributed by atoms with E-state index >= 15 is 4.39 Å². The number of hydrogen-bond acceptors (Lipinski definition) is 1. The second kappa shape index (κ2) is 12.0. The molecule has 0 atom stereocenters. The van der Waals surface area contributed by atoms with E-state index in [0.717, 1.165) is 22.7 Å². The van der Waals surface area contributed by atoms with Crippen molar-refractivity contribution in [3.63, 3.8) is 0 Å². The van der Waals surface area contributed by atoms with Crippen LogP contribution >= 0.6 is 7.26 Å². The van der Waals surface area contributed by atoms with Gasteiger partial charge < -0.3 is 0 Å². The van der Waals surface area contributed by atoms with Crippen LogP contribution in [0.15, 0.2) is 176 Å². The van der Waals surface area contributed by atoms with Gasteiger partial charge in [0, 0.05) is 0 Å². The molecular weight excluding hydrogens is 623 g/mol. The minimum absolute atomic E-state index is 0.238. The molecule has 1 aliphatic heterocycles. The molecule has 1 nitrogen and oxygen atoms in total. The summed E-state index contributed by atoms with van der Waals surface area (Å²) >= 11 is 0. The van der Waals surface area contributed by atoms with Crippen LogP contribution in [-0.4, -0.2) is 8.32 Å². The molecule has 0 bridgehead atoms. The van der Waals surface area contributed by atoms with E-state index in [1.807, 2.05) is 6.07 Å². The maximum absolute atomic E-state index is 15.1. The van der Waals surface area contributed by atoms with Crippen LogP contribution in [0.25, 0.3) is 10.8 Å². The third-order valence-corrected chi connectivity index (χ3v) is 20.2. The van der Waals surface area contributed by atoms with Gasteiger partial charge >= 0.3 is 285 Å². The Morgan fingerprint density at radius 3 is 1.46 bits per heavy atom. The van der Waals surface area contributed by atoms with E-state index in [-0.39, 0.29) is 10.9 Å². The summed E-state index contributed by atoms with van der Waals surface area (Å²) in [5.41, 5.74) is 2.48. The Morgan fingerprint density at radius 2 is 1.00 bits per heavy atom. The zero-order valence-electron chi connectivity index (χ0n) is 27.2. The van der Waals surface area contributed by atoms with Crippen LogP contribution in [0.2, 0.25) is 0 Å². The summed E-state index contributed by atoms with van der Waals surface area (Å²) in [6.07, 6.45) is 0.806. The van der Waals surface area contributed by atoms with Crippen LogP contribution in [0, 0.1) is 5.82 Å². The molecular formula is C44H38FOPSi. The van der Waals surface area contributed by atoms with Crippen LogP contribution in [0.5, 0.6) is 5.75 Å². The molecule has 1 heterocycles. The first-order valence-electron chi connectivity index (χ1n) is 16.7. The van der Waals surface area contributed by atoms with Gasteiger partial charge in [0.1, 0.15) is 0 Å². The predicted octanol–water partition coefficient (Wildman–Crippen LogP) is 8.17. The Morgan fingerprint density at radius 1 is 0.562 bits per heavy atom. The second-order valence-corrected chi connectivity index (χ2v) is 21.3. The zero-order valence-corrected chi connectivity index (χ0v) is 29.2. The predicted molar refractivity (Wildman–Crippen MR) is 206 cm³/mol. The molecule has 7 aromatic rings. The summed E-state index contributed by atoms with van der Waals surface area (Å²) in [7, 11) is -5.68. The average molecular weight is 661 g/mol. The quantitative estimate of drug-likeness (QED) is 0.124. The molecule has 1 aliphatic rings. The van der Waals surface area contributed by atoms with Crippen molar-refractivity contribution in [3.05, 3.63) is 193 Å². The van der Waals surface area contributed by atoms with Gasteiger partial charge in [-0.3, -0.25) is 0 Å². The fourth-order valence-electron chi connectivity index (χ4n) is 8.40. The number of benzene rings is 7. The number of fused-ring (bicyclic) bond motifs is 3. The Bertz CT molecular complexity index is 2070. The average Bonchev–Trinajstić information content (AvgIpc) is 3.40. The van der Waals surface area contributed by atoms with Crippen LogP contribution in [0.4, 0.5) is 4.39 Å². The molecule has 0 saturated carbocycles. The molecule has 0 saturated heterocycles. The molecule has 236 valence electrons. The minimum atomic E-state index is -2.97. The van der Waals surface area contributed by atoms with Crippen molar-refractivity contribution < 1.29 is 8.82 Å². The Hall–Kier alpha value is -4.82. The van der Waals surface area contributed by atoms with Gasteiger partial charge in [0.2, 0.25) is 0 Å². The van der Waals surface area contributed by atoms with E-state index in [9.17, 15) is 0 Å². The van der Waals surface area contributed by atoms with Crippen molar-refractivity contribution in [3.8, 4) is 5.75 Å².